The summed E-state index contributed by atoms with van der Waals surface area (Å²) >= 11 is 0. The standard InChI is InChI=1S/C11H18O3/c1-11(2)7-9(3-4-10(11)13)5-6-14-8-12/h5,8,10,13H,3-4,6-7H2,1-2H3/b9-5-. The molecule has 1 saturated carbocycles. The highest BCUT2D eigenvalue weighted by Gasteiger charge is 2.32. The van der Waals surface area contributed by atoms with Crippen molar-refractivity contribution in [1.82, 2.24) is 0 Å². The third-order valence-corrected chi connectivity index (χ3v) is 2.86. The van der Waals surface area contributed by atoms with Crippen LogP contribution in [0.1, 0.15) is 33.1 Å². The first kappa shape index (κ1) is 11.2. The smallest absolute Gasteiger partial charge is 0.293 e. The van der Waals surface area contributed by atoms with E-state index in [4.69, 9.17) is 0 Å². The number of hydrogen-bond acceptors (Lipinski definition) is 3. The molecule has 1 atom stereocenters. The molecule has 0 bridgehead atoms. The first-order chi connectivity index (χ1) is 6.56. The molecular formula is C11H18O3. The van der Waals surface area contributed by atoms with Gasteiger partial charge in [0.05, 0.1) is 6.10 Å². The summed E-state index contributed by atoms with van der Waals surface area (Å²) in [5.41, 5.74) is 1.23. The Morgan fingerprint density at radius 2 is 2.36 bits per heavy atom. The maximum atomic E-state index is 9.93. The molecule has 14 heavy (non-hydrogen) atoms. The van der Waals surface area contributed by atoms with Gasteiger partial charge in [-0.1, -0.05) is 19.4 Å². The highest BCUT2D eigenvalue weighted by atomic mass is 16.5. The fourth-order valence-corrected chi connectivity index (χ4v) is 1.88. The summed E-state index contributed by atoms with van der Waals surface area (Å²) in [6.45, 7) is 4.93. The third-order valence-electron chi connectivity index (χ3n) is 2.86. The molecule has 1 rings (SSSR count). The van der Waals surface area contributed by atoms with E-state index in [1.807, 2.05) is 6.08 Å². The maximum Gasteiger partial charge on any atom is 0.293 e. The minimum Gasteiger partial charge on any atom is -0.464 e. The summed E-state index contributed by atoms with van der Waals surface area (Å²) in [5.74, 6) is 0. The molecule has 0 aromatic carbocycles. The molecule has 3 heteroatoms. The van der Waals surface area contributed by atoms with Crippen LogP contribution in [0.5, 0.6) is 0 Å². The molecule has 0 radical (unpaired) electrons. The second kappa shape index (κ2) is 4.60. The lowest BCUT2D eigenvalue weighted by Crippen LogP contribution is -2.33. The molecule has 0 aliphatic heterocycles. The van der Waals surface area contributed by atoms with Gasteiger partial charge in [-0.15, -0.1) is 0 Å². The van der Waals surface area contributed by atoms with E-state index in [1.165, 1.54) is 5.57 Å². The largest absolute Gasteiger partial charge is 0.464 e. The molecule has 0 heterocycles. The van der Waals surface area contributed by atoms with Gasteiger partial charge in [0.25, 0.3) is 6.47 Å². The van der Waals surface area contributed by atoms with Crippen LogP contribution in [0.3, 0.4) is 0 Å². The molecule has 1 aliphatic rings. The van der Waals surface area contributed by atoms with Gasteiger partial charge in [0.2, 0.25) is 0 Å². The lowest BCUT2D eigenvalue weighted by atomic mass is 9.73. The van der Waals surface area contributed by atoms with E-state index in [9.17, 15) is 9.90 Å². The number of allylic oxidation sites excluding steroid dienone is 1. The summed E-state index contributed by atoms with van der Waals surface area (Å²) in [5, 5.41) is 9.71. The predicted molar refractivity (Wildman–Crippen MR) is 53.7 cm³/mol. The minimum absolute atomic E-state index is 0.0503. The molecule has 1 fully saturated rings. The summed E-state index contributed by atoms with van der Waals surface area (Å²) in [6, 6.07) is 0. The van der Waals surface area contributed by atoms with Crippen LogP contribution >= 0.6 is 0 Å². The Hall–Kier alpha value is -0.830. The molecule has 0 amide bonds. The van der Waals surface area contributed by atoms with Gasteiger partial charge in [-0.25, -0.2) is 0 Å². The molecule has 0 spiro atoms. The molecule has 80 valence electrons. The van der Waals surface area contributed by atoms with Crippen LogP contribution in [0.25, 0.3) is 0 Å². The second-order valence-corrected chi connectivity index (χ2v) is 4.51. The van der Waals surface area contributed by atoms with Crippen LogP contribution in [-0.2, 0) is 9.53 Å². The Balaban J connectivity index is 2.50. The van der Waals surface area contributed by atoms with Gasteiger partial charge in [0, 0.05) is 0 Å². The van der Waals surface area contributed by atoms with Gasteiger partial charge >= 0.3 is 0 Å². The van der Waals surface area contributed by atoms with Gasteiger partial charge in [0.1, 0.15) is 6.61 Å². The molecule has 1 N–H and O–H groups in total. The first-order valence-electron chi connectivity index (χ1n) is 4.97. The van der Waals surface area contributed by atoms with Crippen molar-refractivity contribution in [3.05, 3.63) is 11.6 Å². The fraction of sp³-hybridized carbons (Fsp3) is 0.727. The van der Waals surface area contributed by atoms with Crippen molar-refractivity contribution in [3.8, 4) is 0 Å². The van der Waals surface area contributed by atoms with Crippen molar-refractivity contribution >= 4 is 6.47 Å². The molecule has 0 aromatic rings. The minimum atomic E-state index is -0.216. The van der Waals surface area contributed by atoms with E-state index in [-0.39, 0.29) is 11.5 Å². The number of ether oxygens (including phenoxy) is 1. The summed E-state index contributed by atoms with van der Waals surface area (Å²) < 4.78 is 4.61. The number of aliphatic hydroxyl groups is 1. The zero-order valence-electron chi connectivity index (χ0n) is 8.82. The lowest BCUT2D eigenvalue weighted by molar-refractivity contribution is -0.127. The zero-order chi connectivity index (χ0) is 10.6. The van der Waals surface area contributed by atoms with Gasteiger partial charge in [-0.05, 0) is 30.8 Å². The average Bonchev–Trinajstić information content (AvgIpc) is 2.11. The quantitative estimate of drug-likeness (QED) is 0.426. The number of carbonyl (C=O) groups is 1. The van der Waals surface area contributed by atoms with Crippen molar-refractivity contribution in [2.24, 2.45) is 5.41 Å². The summed E-state index contributed by atoms with van der Waals surface area (Å²) in [4.78, 5) is 9.93. The Bertz CT molecular complexity index is 231. The Morgan fingerprint density at radius 1 is 1.64 bits per heavy atom. The Kier molecular flexibility index (Phi) is 3.69. The first-order valence-corrected chi connectivity index (χ1v) is 4.97. The Morgan fingerprint density at radius 3 is 2.93 bits per heavy atom. The maximum absolute atomic E-state index is 9.93. The van der Waals surface area contributed by atoms with E-state index in [2.05, 4.69) is 18.6 Å². The number of carbonyl (C=O) groups excluding carboxylic acids is 1. The number of rotatable bonds is 3. The van der Waals surface area contributed by atoms with Crippen molar-refractivity contribution < 1.29 is 14.6 Å². The van der Waals surface area contributed by atoms with Gasteiger partial charge < -0.3 is 9.84 Å². The van der Waals surface area contributed by atoms with E-state index >= 15 is 0 Å². The van der Waals surface area contributed by atoms with Crippen LogP contribution in [0.2, 0.25) is 0 Å². The summed E-state index contributed by atoms with van der Waals surface area (Å²) in [7, 11) is 0. The van der Waals surface area contributed by atoms with Crippen LogP contribution in [0.15, 0.2) is 11.6 Å². The zero-order valence-corrected chi connectivity index (χ0v) is 8.82. The lowest BCUT2D eigenvalue weighted by Gasteiger charge is -2.36. The van der Waals surface area contributed by atoms with Crippen molar-refractivity contribution in [1.29, 1.82) is 0 Å². The van der Waals surface area contributed by atoms with Crippen LogP contribution in [0, 0.1) is 5.41 Å². The van der Waals surface area contributed by atoms with E-state index < -0.39 is 0 Å². The van der Waals surface area contributed by atoms with Crippen molar-refractivity contribution in [3.63, 3.8) is 0 Å². The second-order valence-electron chi connectivity index (χ2n) is 4.51. The normalized spacial score (nSPS) is 28.8. The molecule has 1 aliphatic carbocycles. The van der Waals surface area contributed by atoms with Crippen molar-refractivity contribution in [2.75, 3.05) is 6.61 Å². The molecule has 0 saturated heterocycles. The molecule has 0 aromatic heterocycles. The van der Waals surface area contributed by atoms with Crippen LogP contribution < -0.4 is 0 Å². The average molecular weight is 198 g/mol. The monoisotopic (exact) mass is 198 g/mol. The highest BCUT2D eigenvalue weighted by Crippen LogP contribution is 2.38. The number of aliphatic hydroxyl groups excluding tert-OH is 1. The van der Waals surface area contributed by atoms with E-state index in [0.717, 1.165) is 19.3 Å². The summed E-state index contributed by atoms with van der Waals surface area (Å²) in [6.07, 6.45) is 4.33. The molecule has 1 unspecified atom stereocenters. The Labute approximate surface area is 84.8 Å². The highest BCUT2D eigenvalue weighted by molar-refractivity contribution is 5.37. The fourth-order valence-electron chi connectivity index (χ4n) is 1.88. The predicted octanol–water partition coefficient (Wildman–Crippen LogP) is 1.66. The SMILES string of the molecule is CC1(C)C/C(=C\COC=O)CCC1O. The van der Waals surface area contributed by atoms with E-state index in [0.29, 0.717) is 13.1 Å². The number of hydrogen-bond donors (Lipinski definition) is 1. The van der Waals surface area contributed by atoms with Crippen LogP contribution in [-0.4, -0.2) is 24.3 Å². The van der Waals surface area contributed by atoms with Gasteiger partial charge in [-0.2, -0.15) is 0 Å². The van der Waals surface area contributed by atoms with Gasteiger partial charge in [0.15, 0.2) is 0 Å². The van der Waals surface area contributed by atoms with Gasteiger partial charge in [-0.3, -0.25) is 4.79 Å². The molecular weight excluding hydrogens is 180 g/mol. The topological polar surface area (TPSA) is 46.5 Å². The van der Waals surface area contributed by atoms with E-state index in [1.54, 1.807) is 0 Å². The van der Waals surface area contributed by atoms with Crippen LogP contribution in [0.4, 0.5) is 0 Å². The molecule has 3 nitrogen and oxygen atoms in total. The van der Waals surface area contributed by atoms with Crippen molar-refractivity contribution in [2.45, 2.75) is 39.2 Å². The third kappa shape index (κ3) is 2.84.